The fourth-order valence-corrected chi connectivity index (χ4v) is 3.15. The van der Waals surface area contributed by atoms with E-state index in [2.05, 4.69) is 34.4 Å². The quantitative estimate of drug-likeness (QED) is 0.851. The zero-order valence-corrected chi connectivity index (χ0v) is 12.9. The summed E-state index contributed by atoms with van der Waals surface area (Å²) in [4.78, 5) is 6.82. The predicted octanol–water partition coefficient (Wildman–Crippen LogP) is 3.02. The van der Waals surface area contributed by atoms with Crippen LogP contribution in [0.25, 0.3) is 10.8 Å². The number of hydrogen-bond donors (Lipinski definition) is 2. The Hall–Kier alpha value is -1.81. The number of nitrogens with zero attached hydrogens (tertiary/aromatic N) is 2. The van der Waals surface area contributed by atoms with Crippen molar-refractivity contribution in [2.24, 2.45) is 0 Å². The Morgan fingerprint density at radius 1 is 1.33 bits per heavy atom. The zero-order chi connectivity index (χ0) is 14.8. The number of likely N-dealkylation sites (tertiary alicyclic amines) is 1. The van der Waals surface area contributed by atoms with Crippen LogP contribution in [-0.4, -0.2) is 36.1 Å². The molecule has 0 amide bonds. The number of anilines is 2. The topological polar surface area (TPSA) is 54.2 Å². The maximum absolute atomic E-state index is 6.06. The molecule has 2 heterocycles. The Bertz CT molecular complexity index is 638. The second-order valence-electron chi connectivity index (χ2n) is 6.08. The summed E-state index contributed by atoms with van der Waals surface area (Å²) in [7, 11) is 2.22. The van der Waals surface area contributed by atoms with Gasteiger partial charge >= 0.3 is 0 Å². The van der Waals surface area contributed by atoms with E-state index in [-0.39, 0.29) is 0 Å². The van der Waals surface area contributed by atoms with Crippen LogP contribution in [-0.2, 0) is 0 Å². The molecule has 112 valence electrons. The highest BCUT2D eigenvalue weighted by atomic mass is 15.2. The van der Waals surface area contributed by atoms with E-state index in [0.717, 1.165) is 29.0 Å². The molecular formula is C17H24N4. The molecule has 0 bridgehead atoms. The monoisotopic (exact) mass is 284 g/mol. The number of hydrogen-bond acceptors (Lipinski definition) is 4. The summed E-state index contributed by atoms with van der Waals surface area (Å²) in [6.07, 6.45) is 5.81. The van der Waals surface area contributed by atoms with E-state index in [1.807, 2.05) is 19.2 Å². The molecule has 4 nitrogen and oxygen atoms in total. The van der Waals surface area contributed by atoms with E-state index in [0.29, 0.717) is 6.04 Å². The summed E-state index contributed by atoms with van der Waals surface area (Å²) >= 11 is 0. The van der Waals surface area contributed by atoms with Crippen molar-refractivity contribution in [2.45, 2.75) is 32.2 Å². The van der Waals surface area contributed by atoms with E-state index in [1.165, 1.54) is 31.2 Å². The number of nitrogen functional groups attached to an aromatic ring is 1. The Kier molecular flexibility index (Phi) is 3.97. The van der Waals surface area contributed by atoms with E-state index < -0.39 is 0 Å². The molecule has 1 saturated heterocycles. The second kappa shape index (κ2) is 5.90. The Labute approximate surface area is 126 Å². The molecule has 3 rings (SSSR count). The maximum Gasteiger partial charge on any atom is 0.0423 e. The van der Waals surface area contributed by atoms with Crippen molar-refractivity contribution in [1.82, 2.24) is 9.88 Å². The van der Waals surface area contributed by atoms with Gasteiger partial charge in [0.1, 0.15) is 0 Å². The van der Waals surface area contributed by atoms with Gasteiger partial charge in [0.15, 0.2) is 0 Å². The van der Waals surface area contributed by atoms with Gasteiger partial charge in [-0.05, 0) is 51.6 Å². The lowest BCUT2D eigenvalue weighted by Crippen LogP contribution is -2.40. The molecule has 0 saturated carbocycles. The highest BCUT2D eigenvalue weighted by molar-refractivity contribution is 6.00. The largest absolute Gasteiger partial charge is 0.398 e. The summed E-state index contributed by atoms with van der Waals surface area (Å²) in [5, 5.41) is 5.81. The first-order valence-electron chi connectivity index (χ1n) is 7.74. The number of nitrogens with one attached hydrogen (secondary N) is 1. The minimum Gasteiger partial charge on any atom is -0.398 e. The molecule has 3 N–H and O–H groups in total. The Morgan fingerprint density at radius 2 is 2.19 bits per heavy atom. The number of pyridine rings is 1. The van der Waals surface area contributed by atoms with Gasteiger partial charge in [-0.25, -0.2) is 0 Å². The van der Waals surface area contributed by atoms with Crippen LogP contribution in [0.2, 0.25) is 0 Å². The number of aryl methyl sites for hydroxylation is 1. The first-order chi connectivity index (χ1) is 10.1. The number of fused-ring (bicyclic) bond motifs is 1. The van der Waals surface area contributed by atoms with Crippen molar-refractivity contribution < 1.29 is 0 Å². The molecule has 0 spiro atoms. The number of aromatic nitrogens is 1. The number of piperidine rings is 1. The van der Waals surface area contributed by atoms with Crippen LogP contribution in [0.1, 0.15) is 25.0 Å². The third-order valence-corrected chi connectivity index (χ3v) is 4.52. The lowest BCUT2D eigenvalue weighted by molar-refractivity contribution is 0.195. The summed E-state index contributed by atoms with van der Waals surface area (Å²) in [5.74, 6) is 0. The molecule has 2 aromatic rings. The average molecular weight is 284 g/mol. The molecule has 1 aromatic heterocycles. The third kappa shape index (κ3) is 2.95. The third-order valence-electron chi connectivity index (χ3n) is 4.52. The van der Waals surface area contributed by atoms with Crippen molar-refractivity contribution in [3.63, 3.8) is 0 Å². The van der Waals surface area contributed by atoms with Gasteiger partial charge in [0.2, 0.25) is 0 Å². The van der Waals surface area contributed by atoms with E-state index in [4.69, 9.17) is 5.73 Å². The fourth-order valence-electron chi connectivity index (χ4n) is 3.15. The molecule has 1 atom stereocenters. The minimum absolute atomic E-state index is 0.620. The van der Waals surface area contributed by atoms with Crippen LogP contribution >= 0.6 is 0 Å². The zero-order valence-electron chi connectivity index (χ0n) is 12.9. The Morgan fingerprint density at radius 3 is 3.00 bits per heavy atom. The van der Waals surface area contributed by atoms with Crippen molar-refractivity contribution in [3.8, 4) is 0 Å². The SMILES string of the molecule is Cc1cc2c(NCC3CCCCN3C)ccc(N)c2cn1. The van der Waals surface area contributed by atoms with Gasteiger partial charge in [-0.15, -0.1) is 0 Å². The molecular weight excluding hydrogens is 260 g/mol. The van der Waals surface area contributed by atoms with Crippen molar-refractivity contribution in [2.75, 3.05) is 31.2 Å². The highest BCUT2D eigenvalue weighted by Crippen LogP contribution is 2.28. The molecule has 1 fully saturated rings. The first-order valence-corrected chi connectivity index (χ1v) is 7.74. The summed E-state index contributed by atoms with van der Waals surface area (Å²) in [5.41, 5.74) is 9.03. The molecule has 1 aliphatic heterocycles. The van der Waals surface area contributed by atoms with Crippen LogP contribution in [0.3, 0.4) is 0 Å². The second-order valence-corrected chi connectivity index (χ2v) is 6.08. The molecule has 0 radical (unpaired) electrons. The van der Waals surface area contributed by atoms with Crippen molar-refractivity contribution >= 4 is 22.1 Å². The van der Waals surface area contributed by atoms with E-state index in [1.54, 1.807) is 0 Å². The maximum atomic E-state index is 6.06. The summed E-state index contributed by atoms with van der Waals surface area (Å²) < 4.78 is 0. The van der Waals surface area contributed by atoms with Gasteiger partial charge in [0.05, 0.1) is 0 Å². The van der Waals surface area contributed by atoms with E-state index >= 15 is 0 Å². The van der Waals surface area contributed by atoms with Crippen molar-refractivity contribution in [3.05, 3.63) is 30.1 Å². The van der Waals surface area contributed by atoms with Gasteiger partial charge in [0.25, 0.3) is 0 Å². The molecule has 1 aromatic carbocycles. The number of rotatable bonds is 3. The van der Waals surface area contributed by atoms with E-state index in [9.17, 15) is 0 Å². The molecule has 0 aliphatic carbocycles. The Balaban J connectivity index is 1.83. The number of benzene rings is 1. The molecule has 1 aliphatic rings. The number of nitrogens with two attached hydrogens (primary N) is 1. The van der Waals surface area contributed by atoms with Gasteiger partial charge in [-0.2, -0.15) is 0 Å². The summed E-state index contributed by atoms with van der Waals surface area (Å²) in [6.45, 7) is 4.20. The number of likely N-dealkylation sites (N-methyl/N-ethyl adjacent to an activating group) is 1. The van der Waals surface area contributed by atoms with Crippen LogP contribution in [0.15, 0.2) is 24.4 Å². The lowest BCUT2D eigenvalue weighted by Gasteiger charge is -2.32. The van der Waals surface area contributed by atoms with Gasteiger partial charge in [-0.3, -0.25) is 4.98 Å². The van der Waals surface area contributed by atoms with Crippen LogP contribution < -0.4 is 11.1 Å². The van der Waals surface area contributed by atoms with Crippen LogP contribution in [0.4, 0.5) is 11.4 Å². The predicted molar refractivity (Wildman–Crippen MR) is 89.7 cm³/mol. The standard InChI is InChI=1S/C17H24N4/c1-12-9-14-15(11-19-12)16(18)6-7-17(14)20-10-13-5-3-4-8-21(13)2/h6-7,9,11,13,20H,3-5,8,10,18H2,1-2H3. The normalized spacial score (nSPS) is 19.8. The smallest absolute Gasteiger partial charge is 0.0423 e. The minimum atomic E-state index is 0.620. The van der Waals surface area contributed by atoms with Crippen LogP contribution in [0.5, 0.6) is 0 Å². The van der Waals surface area contributed by atoms with Crippen molar-refractivity contribution in [1.29, 1.82) is 0 Å². The molecule has 21 heavy (non-hydrogen) atoms. The fraction of sp³-hybridized carbons (Fsp3) is 0.471. The molecule has 4 heteroatoms. The average Bonchev–Trinajstić information content (AvgIpc) is 2.48. The summed E-state index contributed by atoms with van der Waals surface area (Å²) in [6, 6.07) is 6.78. The van der Waals surface area contributed by atoms with Crippen LogP contribution in [0, 0.1) is 6.92 Å². The lowest BCUT2D eigenvalue weighted by atomic mass is 10.0. The van der Waals surface area contributed by atoms with Gasteiger partial charge in [-0.1, -0.05) is 6.42 Å². The van der Waals surface area contributed by atoms with Gasteiger partial charge < -0.3 is 16.0 Å². The van der Waals surface area contributed by atoms with Gasteiger partial charge in [0, 0.05) is 46.6 Å². The highest BCUT2D eigenvalue weighted by Gasteiger charge is 2.18. The molecule has 1 unspecified atom stereocenters. The first kappa shape index (κ1) is 14.1.